The summed E-state index contributed by atoms with van der Waals surface area (Å²) in [4.78, 5) is 20.6. The fourth-order valence-electron chi connectivity index (χ4n) is 3.00. The third-order valence-corrected chi connectivity index (χ3v) is 4.28. The maximum atomic E-state index is 11.3. The van der Waals surface area contributed by atoms with Gasteiger partial charge in [0.15, 0.2) is 0 Å². The van der Waals surface area contributed by atoms with Gasteiger partial charge in [-0.05, 0) is 30.3 Å². The monoisotopic (exact) mass is 395 g/mol. The molecule has 0 unspecified atom stereocenters. The third-order valence-electron chi connectivity index (χ3n) is 4.28. The lowest BCUT2D eigenvalue weighted by atomic mass is 10.1. The van der Waals surface area contributed by atoms with Gasteiger partial charge in [0, 0.05) is 35.6 Å². The first-order valence-electron chi connectivity index (χ1n) is 9.57. The molecule has 3 N–H and O–H groups in total. The van der Waals surface area contributed by atoms with Gasteiger partial charge >= 0.3 is 0 Å². The highest BCUT2D eigenvalue weighted by atomic mass is 16.1. The van der Waals surface area contributed by atoms with E-state index in [1.807, 2.05) is 91.0 Å². The molecule has 0 spiro atoms. The van der Waals surface area contributed by atoms with Crippen molar-refractivity contribution in [2.45, 2.75) is 6.92 Å². The predicted molar refractivity (Wildman–Crippen MR) is 121 cm³/mol. The van der Waals surface area contributed by atoms with Gasteiger partial charge < -0.3 is 16.0 Å². The summed E-state index contributed by atoms with van der Waals surface area (Å²) < 4.78 is 0. The van der Waals surface area contributed by atoms with Gasteiger partial charge in [-0.1, -0.05) is 54.6 Å². The van der Waals surface area contributed by atoms with Crippen molar-refractivity contribution < 1.29 is 4.79 Å². The zero-order valence-electron chi connectivity index (χ0n) is 16.5. The Bertz CT molecular complexity index is 1150. The normalized spacial score (nSPS) is 10.3. The molecule has 1 amide bonds. The number of nitrogens with one attached hydrogen (secondary N) is 3. The lowest BCUT2D eigenvalue weighted by molar-refractivity contribution is -0.114. The molecule has 0 saturated heterocycles. The number of para-hydroxylation sites is 1. The van der Waals surface area contributed by atoms with Crippen LogP contribution in [0.2, 0.25) is 0 Å². The van der Waals surface area contributed by atoms with E-state index >= 15 is 0 Å². The van der Waals surface area contributed by atoms with Gasteiger partial charge in [-0.25, -0.2) is 4.98 Å². The Hall–Kier alpha value is -4.19. The molecule has 4 rings (SSSR count). The molecular weight excluding hydrogens is 374 g/mol. The SMILES string of the molecule is CC(=O)Nc1cccc(Nc2nc(Nc3ccccc3)cc(-c3ccccc3)n2)c1. The van der Waals surface area contributed by atoms with E-state index < -0.39 is 0 Å². The molecule has 0 aliphatic rings. The topological polar surface area (TPSA) is 78.9 Å². The van der Waals surface area contributed by atoms with Crippen molar-refractivity contribution in [3.8, 4) is 11.3 Å². The van der Waals surface area contributed by atoms with Crippen molar-refractivity contribution >= 4 is 34.7 Å². The number of anilines is 5. The molecule has 0 bridgehead atoms. The molecule has 3 aromatic carbocycles. The molecule has 1 aromatic heterocycles. The van der Waals surface area contributed by atoms with E-state index in [1.165, 1.54) is 6.92 Å². The van der Waals surface area contributed by atoms with Gasteiger partial charge in [0.2, 0.25) is 11.9 Å². The molecule has 0 saturated carbocycles. The van der Waals surface area contributed by atoms with Crippen LogP contribution in [0.5, 0.6) is 0 Å². The van der Waals surface area contributed by atoms with E-state index in [2.05, 4.69) is 25.9 Å². The standard InChI is InChI=1S/C24H21N5O/c1-17(30)25-20-13-8-14-21(15-20)27-24-28-22(18-9-4-2-5-10-18)16-23(29-24)26-19-11-6-3-7-12-19/h2-16H,1H3,(H,25,30)(H2,26,27,28,29). The molecule has 4 aromatic rings. The minimum atomic E-state index is -0.121. The van der Waals surface area contributed by atoms with Crippen LogP contribution in [0.15, 0.2) is 91.0 Å². The molecule has 0 radical (unpaired) electrons. The molecule has 0 fully saturated rings. The molecule has 0 aliphatic heterocycles. The van der Waals surface area contributed by atoms with Crippen molar-refractivity contribution in [1.29, 1.82) is 0 Å². The number of amides is 1. The van der Waals surface area contributed by atoms with Crippen molar-refractivity contribution in [3.63, 3.8) is 0 Å². The largest absolute Gasteiger partial charge is 0.340 e. The Labute approximate surface area is 175 Å². The Morgan fingerprint density at radius 3 is 2.10 bits per heavy atom. The summed E-state index contributed by atoms with van der Waals surface area (Å²) >= 11 is 0. The van der Waals surface area contributed by atoms with Crippen LogP contribution in [0.4, 0.5) is 28.8 Å². The highest BCUT2D eigenvalue weighted by molar-refractivity contribution is 5.89. The summed E-state index contributed by atoms with van der Waals surface area (Å²) in [6.07, 6.45) is 0. The summed E-state index contributed by atoms with van der Waals surface area (Å²) in [5, 5.41) is 9.35. The van der Waals surface area contributed by atoms with Crippen LogP contribution < -0.4 is 16.0 Å². The number of nitrogens with zero attached hydrogens (tertiary/aromatic N) is 2. The maximum Gasteiger partial charge on any atom is 0.229 e. The van der Waals surface area contributed by atoms with E-state index in [9.17, 15) is 4.79 Å². The average molecular weight is 395 g/mol. The molecule has 0 aliphatic carbocycles. The summed E-state index contributed by atoms with van der Waals surface area (Å²) in [6, 6.07) is 29.2. The van der Waals surface area contributed by atoms with Crippen LogP contribution in [0.1, 0.15) is 6.92 Å². The van der Waals surface area contributed by atoms with Crippen molar-refractivity contribution in [3.05, 3.63) is 91.0 Å². The van der Waals surface area contributed by atoms with Crippen LogP contribution in [0.25, 0.3) is 11.3 Å². The minimum Gasteiger partial charge on any atom is -0.340 e. The molecule has 6 nitrogen and oxygen atoms in total. The predicted octanol–water partition coefficient (Wildman–Crippen LogP) is 5.59. The van der Waals surface area contributed by atoms with E-state index in [0.717, 1.165) is 22.6 Å². The zero-order chi connectivity index (χ0) is 20.8. The van der Waals surface area contributed by atoms with E-state index in [-0.39, 0.29) is 5.91 Å². The smallest absolute Gasteiger partial charge is 0.229 e. The number of carbonyl (C=O) groups excluding carboxylic acids is 1. The second-order valence-corrected chi connectivity index (χ2v) is 6.71. The second-order valence-electron chi connectivity index (χ2n) is 6.71. The fraction of sp³-hybridized carbons (Fsp3) is 0.0417. The summed E-state index contributed by atoms with van der Waals surface area (Å²) in [7, 11) is 0. The first-order chi connectivity index (χ1) is 14.7. The zero-order valence-corrected chi connectivity index (χ0v) is 16.5. The minimum absolute atomic E-state index is 0.121. The van der Waals surface area contributed by atoms with E-state index in [4.69, 9.17) is 0 Å². The molecule has 30 heavy (non-hydrogen) atoms. The number of rotatable bonds is 6. The third kappa shape index (κ3) is 4.99. The van der Waals surface area contributed by atoms with Gasteiger partial charge in [0.05, 0.1) is 5.69 Å². The average Bonchev–Trinajstić information content (AvgIpc) is 2.75. The first kappa shape index (κ1) is 19.1. The van der Waals surface area contributed by atoms with Crippen molar-refractivity contribution in [2.24, 2.45) is 0 Å². The lowest BCUT2D eigenvalue weighted by Crippen LogP contribution is -2.06. The second kappa shape index (κ2) is 8.87. The van der Waals surface area contributed by atoms with Gasteiger partial charge in [-0.15, -0.1) is 0 Å². The van der Waals surface area contributed by atoms with Crippen molar-refractivity contribution in [2.75, 3.05) is 16.0 Å². The van der Waals surface area contributed by atoms with E-state index in [1.54, 1.807) is 0 Å². The van der Waals surface area contributed by atoms with Crippen LogP contribution in [0.3, 0.4) is 0 Å². The summed E-state index contributed by atoms with van der Waals surface area (Å²) in [5.74, 6) is 1.01. The number of carbonyl (C=O) groups is 1. The summed E-state index contributed by atoms with van der Waals surface area (Å²) in [6.45, 7) is 1.48. The van der Waals surface area contributed by atoms with Crippen LogP contribution >= 0.6 is 0 Å². The van der Waals surface area contributed by atoms with Gasteiger partial charge in [-0.3, -0.25) is 4.79 Å². The van der Waals surface area contributed by atoms with Gasteiger partial charge in [-0.2, -0.15) is 4.98 Å². The molecule has 0 atom stereocenters. The summed E-state index contributed by atoms with van der Waals surface area (Å²) in [5.41, 5.74) is 4.20. The number of hydrogen-bond donors (Lipinski definition) is 3. The highest BCUT2D eigenvalue weighted by Gasteiger charge is 2.08. The number of hydrogen-bond acceptors (Lipinski definition) is 5. The lowest BCUT2D eigenvalue weighted by Gasteiger charge is -2.12. The molecular formula is C24H21N5O. The van der Waals surface area contributed by atoms with Crippen LogP contribution in [0, 0.1) is 0 Å². The maximum absolute atomic E-state index is 11.3. The van der Waals surface area contributed by atoms with Crippen molar-refractivity contribution in [1.82, 2.24) is 9.97 Å². The van der Waals surface area contributed by atoms with Crippen LogP contribution in [-0.4, -0.2) is 15.9 Å². The molecule has 6 heteroatoms. The fourth-order valence-corrected chi connectivity index (χ4v) is 3.00. The Balaban J connectivity index is 1.68. The molecule has 148 valence electrons. The Kier molecular flexibility index (Phi) is 5.66. The first-order valence-corrected chi connectivity index (χ1v) is 9.57. The number of aromatic nitrogens is 2. The van der Waals surface area contributed by atoms with Gasteiger partial charge in [0.25, 0.3) is 0 Å². The number of benzene rings is 3. The molecule has 1 heterocycles. The Morgan fingerprint density at radius 2 is 1.37 bits per heavy atom. The van der Waals surface area contributed by atoms with Gasteiger partial charge in [0.1, 0.15) is 5.82 Å². The van der Waals surface area contributed by atoms with Crippen LogP contribution in [-0.2, 0) is 4.79 Å². The van der Waals surface area contributed by atoms with E-state index in [0.29, 0.717) is 17.5 Å². The highest BCUT2D eigenvalue weighted by Crippen LogP contribution is 2.25. The Morgan fingerprint density at radius 1 is 0.700 bits per heavy atom. The quantitative estimate of drug-likeness (QED) is 0.397.